The number of hydrogen-bond acceptors (Lipinski definition) is 8. The van der Waals surface area contributed by atoms with E-state index in [2.05, 4.69) is 26.1 Å². The number of benzene rings is 3. The minimum absolute atomic E-state index is 0.00925. The molecule has 1 aromatic heterocycles. The van der Waals surface area contributed by atoms with Crippen molar-refractivity contribution in [2.24, 2.45) is 5.73 Å². The van der Waals surface area contributed by atoms with Crippen molar-refractivity contribution in [3.63, 3.8) is 0 Å². The van der Waals surface area contributed by atoms with Gasteiger partial charge >= 0.3 is 0 Å². The molecule has 4 N–H and O–H groups in total. The number of rotatable bonds is 8. The molecule has 41 heavy (non-hydrogen) atoms. The second-order valence-corrected chi connectivity index (χ2v) is 11.7. The molecule has 0 bridgehead atoms. The maximum Gasteiger partial charge on any atom is 0.263 e. The third-order valence-corrected chi connectivity index (χ3v) is 8.56. The molecule has 0 aliphatic heterocycles. The molecule has 1 heterocycles. The first-order chi connectivity index (χ1) is 19.7. The summed E-state index contributed by atoms with van der Waals surface area (Å²) in [5.74, 6) is -0.277. The van der Waals surface area contributed by atoms with E-state index in [-0.39, 0.29) is 39.2 Å². The van der Waals surface area contributed by atoms with Crippen LogP contribution in [0.25, 0.3) is 11.3 Å². The van der Waals surface area contributed by atoms with Crippen LogP contribution in [-0.4, -0.2) is 30.5 Å². The normalized spacial score (nSPS) is 16.9. The summed E-state index contributed by atoms with van der Waals surface area (Å²) in [5.41, 5.74) is 7.31. The largest absolute Gasteiger partial charge is 0.454 e. The molecule has 1 aliphatic carbocycles. The molecule has 0 radical (unpaired) electrons. The van der Waals surface area contributed by atoms with Gasteiger partial charge in [0.2, 0.25) is 5.95 Å². The maximum atomic E-state index is 15.1. The van der Waals surface area contributed by atoms with Crippen LogP contribution in [0.1, 0.15) is 31.2 Å². The smallest absolute Gasteiger partial charge is 0.263 e. The Morgan fingerprint density at radius 1 is 1.02 bits per heavy atom. The number of nitrogens with zero attached hydrogens (tertiary/aromatic N) is 3. The molecule has 0 unspecified atom stereocenters. The minimum atomic E-state index is -4.05. The number of nitrogens with two attached hydrogens (primary N) is 1. The zero-order valence-electron chi connectivity index (χ0n) is 21.7. The van der Waals surface area contributed by atoms with E-state index in [1.165, 1.54) is 30.3 Å². The summed E-state index contributed by atoms with van der Waals surface area (Å²) in [6, 6.07) is 18.5. The highest BCUT2D eigenvalue weighted by molar-refractivity contribution is 7.92. The molecular formula is C29H26ClFN6O3S. The lowest BCUT2D eigenvalue weighted by Crippen LogP contribution is -2.33. The molecule has 5 rings (SSSR count). The summed E-state index contributed by atoms with van der Waals surface area (Å²) in [5, 5.41) is 12.9. The summed E-state index contributed by atoms with van der Waals surface area (Å²) in [6.45, 7) is 0. The number of hydrogen-bond donors (Lipinski definition) is 3. The van der Waals surface area contributed by atoms with Crippen LogP contribution in [0.2, 0.25) is 5.02 Å². The maximum absolute atomic E-state index is 15.1. The fraction of sp³-hybridized carbons (Fsp3) is 0.207. The fourth-order valence-electron chi connectivity index (χ4n) is 4.55. The summed E-state index contributed by atoms with van der Waals surface area (Å²) < 4.78 is 48.9. The standard InChI is InChI=1S/C29H26ClFN6O3S/c30-23-3-1-2-4-28(23)41(38,39)37-21-10-12-27(24(31)16-21)40-26-11-5-18(17-32)15-22(26)25-13-14-34-29(36-25)35-20-8-6-19(33)7-9-20/h1-5,10-16,19-20,37H,6-9,33H2,(H,34,35,36). The average molecular weight is 593 g/mol. The first-order valence-corrected chi connectivity index (χ1v) is 14.7. The molecule has 3 aromatic carbocycles. The lowest BCUT2D eigenvalue weighted by molar-refractivity contribution is 0.410. The van der Waals surface area contributed by atoms with E-state index in [4.69, 9.17) is 22.1 Å². The van der Waals surface area contributed by atoms with E-state index in [1.807, 2.05) is 0 Å². The Kier molecular flexibility index (Phi) is 8.35. The van der Waals surface area contributed by atoms with Crippen molar-refractivity contribution in [3.05, 3.63) is 89.3 Å². The van der Waals surface area contributed by atoms with Gasteiger partial charge in [-0.2, -0.15) is 5.26 Å². The summed E-state index contributed by atoms with van der Waals surface area (Å²) in [7, 11) is -4.05. The van der Waals surface area contributed by atoms with Gasteiger partial charge in [0.25, 0.3) is 10.0 Å². The fourth-order valence-corrected chi connectivity index (χ4v) is 6.12. The van der Waals surface area contributed by atoms with E-state index in [0.29, 0.717) is 22.8 Å². The van der Waals surface area contributed by atoms with Crippen LogP contribution in [0.15, 0.2) is 77.8 Å². The first-order valence-electron chi connectivity index (χ1n) is 12.9. The van der Waals surface area contributed by atoms with Gasteiger partial charge in [-0.25, -0.2) is 22.8 Å². The molecule has 0 atom stereocenters. The van der Waals surface area contributed by atoms with Gasteiger partial charge in [-0.05, 0) is 74.2 Å². The Morgan fingerprint density at radius 2 is 1.78 bits per heavy atom. The SMILES string of the molecule is N#Cc1ccc(Oc2ccc(NS(=O)(=O)c3ccccc3Cl)cc2F)c(-c2ccnc(NC3CCC(N)CC3)n2)c1. The number of nitrogens with one attached hydrogen (secondary N) is 2. The zero-order valence-corrected chi connectivity index (χ0v) is 23.3. The average Bonchev–Trinajstić information content (AvgIpc) is 2.96. The Hall–Kier alpha value is -4.24. The van der Waals surface area contributed by atoms with Crippen molar-refractivity contribution >= 4 is 33.3 Å². The molecule has 4 aromatic rings. The van der Waals surface area contributed by atoms with Crippen molar-refractivity contribution in [3.8, 4) is 28.8 Å². The molecule has 0 saturated heterocycles. The Morgan fingerprint density at radius 3 is 2.51 bits per heavy atom. The lowest BCUT2D eigenvalue weighted by Gasteiger charge is -2.26. The van der Waals surface area contributed by atoms with Crippen molar-refractivity contribution < 1.29 is 17.5 Å². The molecule has 12 heteroatoms. The van der Waals surface area contributed by atoms with Crippen LogP contribution in [-0.2, 0) is 10.0 Å². The number of sulfonamides is 1. The molecule has 1 saturated carbocycles. The number of nitriles is 1. The van der Waals surface area contributed by atoms with E-state index >= 15 is 4.39 Å². The van der Waals surface area contributed by atoms with E-state index in [1.54, 1.807) is 36.5 Å². The molecule has 0 amide bonds. The predicted molar refractivity (Wildman–Crippen MR) is 155 cm³/mol. The number of anilines is 2. The first kappa shape index (κ1) is 28.3. The Labute approximate surface area is 242 Å². The van der Waals surface area contributed by atoms with Crippen LogP contribution in [0.5, 0.6) is 11.5 Å². The second-order valence-electron chi connectivity index (χ2n) is 9.63. The van der Waals surface area contributed by atoms with Gasteiger partial charge in [0.05, 0.1) is 28.0 Å². The summed E-state index contributed by atoms with van der Waals surface area (Å²) in [6.07, 6.45) is 5.27. The van der Waals surface area contributed by atoms with Crippen LogP contribution < -0.4 is 20.5 Å². The third kappa shape index (κ3) is 6.74. The zero-order chi connectivity index (χ0) is 29.0. The molecule has 1 aliphatic rings. The quantitative estimate of drug-likeness (QED) is 0.223. The van der Waals surface area contributed by atoms with Crippen molar-refractivity contribution in [2.45, 2.75) is 42.7 Å². The molecule has 9 nitrogen and oxygen atoms in total. The Bertz CT molecular complexity index is 1720. The van der Waals surface area contributed by atoms with Crippen LogP contribution in [0, 0.1) is 17.1 Å². The van der Waals surface area contributed by atoms with E-state index in [0.717, 1.165) is 31.7 Å². The number of aromatic nitrogens is 2. The van der Waals surface area contributed by atoms with E-state index in [9.17, 15) is 13.7 Å². The van der Waals surface area contributed by atoms with Gasteiger partial charge in [0.15, 0.2) is 11.6 Å². The number of ether oxygens (including phenoxy) is 1. The highest BCUT2D eigenvalue weighted by Gasteiger charge is 2.21. The van der Waals surface area contributed by atoms with Crippen molar-refractivity contribution in [2.75, 3.05) is 10.0 Å². The molecular weight excluding hydrogens is 567 g/mol. The predicted octanol–water partition coefficient (Wildman–Crippen LogP) is 6.08. The van der Waals surface area contributed by atoms with Crippen LogP contribution >= 0.6 is 11.6 Å². The van der Waals surface area contributed by atoms with Gasteiger partial charge in [-0.3, -0.25) is 4.72 Å². The highest BCUT2D eigenvalue weighted by Crippen LogP contribution is 2.36. The summed E-state index contributed by atoms with van der Waals surface area (Å²) in [4.78, 5) is 8.82. The van der Waals surface area contributed by atoms with E-state index < -0.39 is 15.8 Å². The third-order valence-electron chi connectivity index (χ3n) is 6.68. The van der Waals surface area contributed by atoms with Gasteiger partial charge < -0.3 is 15.8 Å². The monoisotopic (exact) mass is 592 g/mol. The van der Waals surface area contributed by atoms with Gasteiger partial charge in [-0.1, -0.05) is 23.7 Å². The molecule has 0 spiro atoms. The van der Waals surface area contributed by atoms with Crippen molar-refractivity contribution in [1.29, 1.82) is 5.26 Å². The lowest BCUT2D eigenvalue weighted by atomic mass is 9.92. The van der Waals surface area contributed by atoms with Gasteiger partial charge in [0.1, 0.15) is 10.6 Å². The van der Waals surface area contributed by atoms with Gasteiger partial charge in [-0.15, -0.1) is 0 Å². The Balaban J connectivity index is 1.39. The minimum Gasteiger partial charge on any atom is -0.454 e. The van der Waals surface area contributed by atoms with Crippen molar-refractivity contribution in [1.82, 2.24) is 9.97 Å². The molecule has 210 valence electrons. The van der Waals surface area contributed by atoms with Gasteiger partial charge in [0, 0.05) is 29.9 Å². The summed E-state index contributed by atoms with van der Waals surface area (Å²) >= 11 is 6.02. The molecule has 1 fully saturated rings. The topological polar surface area (TPSA) is 143 Å². The van der Waals surface area contributed by atoms with Crippen LogP contribution in [0.3, 0.4) is 0 Å². The van der Waals surface area contributed by atoms with Crippen LogP contribution in [0.4, 0.5) is 16.0 Å². The highest BCUT2D eigenvalue weighted by atomic mass is 35.5. The second kappa shape index (κ2) is 12.1. The number of halogens is 2.